The number of nitrogens with one attached hydrogen (secondary N) is 1. The lowest BCUT2D eigenvalue weighted by Crippen LogP contribution is -2.47. The Morgan fingerprint density at radius 1 is 1.04 bits per heavy atom. The van der Waals surface area contributed by atoms with Gasteiger partial charge in [0.2, 0.25) is 15.9 Å². The molecule has 1 amide bonds. The first-order chi connectivity index (χ1) is 13.4. The predicted octanol–water partition coefficient (Wildman–Crippen LogP) is 2.17. The van der Waals surface area contributed by atoms with Crippen molar-refractivity contribution in [3.63, 3.8) is 0 Å². The second-order valence-corrected chi connectivity index (χ2v) is 9.15. The molecule has 0 saturated carbocycles. The molecule has 1 N–H and O–H groups in total. The van der Waals surface area contributed by atoms with Gasteiger partial charge in [0, 0.05) is 32.2 Å². The van der Waals surface area contributed by atoms with Crippen LogP contribution in [0.3, 0.4) is 0 Å². The molecule has 1 aliphatic heterocycles. The number of ether oxygens (including phenoxy) is 1. The summed E-state index contributed by atoms with van der Waals surface area (Å²) in [6, 6.07) is 18.2. The maximum absolute atomic E-state index is 12.6. The highest BCUT2D eigenvalue weighted by atomic mass is 32.2. The number of hydrogen-bond donors (Lipinski definition) is 1. The van der Waals surface area contributed by atoms with Gasteiger partial charge < -0.3 is 10.1 Å². The Balaban J connectivity index is 1.65. The standard InChI is InChI=1S/C21H26N2O4S/c1-23(28(25,26)19-10-6-3-7-11-19)16-20(24)22-17-21(12-14-27-15-13-21)18-8-4-2-5-9-18/h2-11H,12-17H2,1H3,(H,22,24). The summed E-state index contributed by atoms with van der Waals surface area (Å²) in [4.78, 5) is 12.7. The van der Waals surface area contributed by atoms with Gasteiger partial charge in [-0.05, 0) is 30.5 Å². The lowest BCUT2D eigenvalue weighted by molar-refractivity contribution is -0.121. The van der Waals surface area contributed by atoms with Crippen LogP contribution in [0.1, 0.15) is 18.4 Å². The first-order valence-electron chi connectivity index (χ1n) is 9.35. The molecule has 7 heteroatoms. The summed E-state index contributed by atoms with van der Waals surface area (Å²) in [5.74, 6) is -0.316. The molecular formula is C21H26N2O4S. The number of amides is 1. The summed E-state index contributed by atoms with van der Waals surface area (Å²) in [6.45, 7) is 1.52. The Labute approximate surface area is 166 Å². The fourth-order valence-electron chi connectivity index (χ4n) is 3.50. The van der Waals surface area contributed by atoms with Gasteiger partial charge >= 0.3 is 0 Å². The number of rotatable bonds is 7. The SMILES string of the molecule is CN(CC(=O)NCC1(c2ccccc2)CCOCC1)S(=O)(=O)c1ccccc1. The molecule has 3 rings (SSSR count). The van der Waals surface area contributed by atoms with Crippen molar-refractivity contribution in [2.24, 2.45) is 0 Å². The van der Waals surface area contributed by atoms with Gasteiger partial charge in [-0.1, -0.05) is 48.5 Å². The number of carbonyl (C=O) groups excluding carboxylic acids is 1. The van der Waals surface area contributed by atoms with E-state index in [0.29, 0.717) is 19.8 Å². The molecule has 28 heavy (non-hydrogen) atoms. The van der Waals surface area contributed by atoms with Gasteiger partial charge in [-0.15, -0.1) is 0 Å². The molecule has 0 unspecified atom stereocenters. The van der Waals surface area contributed by atoms with Gasteiger partial charge in [0.25, 0.3) is 0 Å². The number of carbonyl (C=O) groups is 1. The van der Waals surface area contributed by atoms with E-state index in [2.05, 4.69) is 17.4 Å². The zero-order chi connectivity index (χ0) is 20.0. The third-order valence-electron chi connectivity index (χ3n) is 5.28. The summed E-state index contributed by atoms with van der Waals surface area (Å²) in [6.07, 6.45) is 1.63. The van der Waals surface area contributed by atoms with E-state index in [9.17, 15) is 13.2 Å². The number of likely N-dealkylation sites (N-methyl/N-ethyl adjacent to an activating group) is 1. The maximum Gasteiger partial charge on any atom is 0.243 e. The minimum Gasteiger partial charge on any atom is -0.381 e. The number of benzene rings is 2. The summed E-state index contributed by atoms with van der Waals surface area (Å²) < 4.78 is 31.8. The number of nitrogens with zero attached hydrogens (tertiary/aromatic N) is 1. The van der Waals surface area contributed by atoms with Crippen LogP contribution in [0.25, 0.3) is 0 Å². The highest BCUT2D eigenvalue weighted by molar-refractivity contribution is 7.89. The second-order valence-electron chi connectivity index (χ2n) is 7.11. The van der Waals surface area contributed by atoms with Crippen molar-refractivity contribution in [2.45, 2.75) is 23.2 Å². The Morgan fingerprint density at radius 2 is 1.61 bits per heavy atom. The Bertz CT molecular complexity index is 879. The highest BCUT2D eigenvalue weighted by Gasteiger charge is 2.35. The van der Waals surface area contributed by atoms with E-state index < -0.39 is 10.0 Å². The molecule has 1 heterocycles. The van der Waals surface area contributed by atoms with E-state index in [1.54, 1.807) is 18.2 Å². The molecule has 0 aromatic heterocycles. The zero-order valence-corrected chi connectivity index (χ0v) is 16.8. The Kier molecular flexibility index (Phi) is 6.49. The van der Waals surface area contributed by atoms with Gasteiger partial charge in [0.1, 0.15) is 0 Å². The van der Waals surface area contributed by atoms with Gasteiger partial charge in [-0.2, -0.15) is 4.31 Å². The maximum atomic E-state index is 12.6. The van der Waals surface area contributed by atoms with Crippen LogP contribution in [0.4, 0.5) is 0 Å². The second kappa shape index (κ2) is 8.86. The largest absolute Gasteiger partial charge is 0.381 e. The fraction of sp³-hybridized carbons (Fsp3) is 0.381. The van der Waals surface area contributed by atoms with Crippen molar-refractivity contribution in [2.75, 3.05) is 33.4 Å². The first-order valence-corrected chi connectivity index (χ1v) is 10.8. The lowest BCUT2D eigenvalue weighted by Gasteiger charge is -2.38. The smallest absolute Gasteiger partial charge is 0.243 e. The third-order valence-corrected chi connectivity index (χ3v) is 7.10. The molecule has 1 saturated heterocycles. The monoisotopic (exact) mass is 402 g/mol. The minimum atomic E-state index is -3.69. The van der Waals surface area contributed by atoms with Crippen LogP contribution in [0, 0.1) is 0 Å². The fourth-order valence-corrected chi connectivity index (χ4v) is 4.65. The molecule has 0 bridgehead atoms. The molecule has 2 aromatic rings. The average Bonchev–Trinajstić information content (AvgIpc) is 2.74. The van der Waals surface area contributed by atoms with Crippen LogP contribution in [-0.2, 0) is 25.0 Å². The van der Waals surface area contributed by atoms with Gasteiger partial charge in [-0.25, -0.2) is 8.42 Å². The average molecular weight is 403 g/mol. The van der Waals surface area contributed by atoms with Crippen molar-refractivity contribution in [3.05, 3.63) is 66.2 Å². The third kappa shape index (κ3) is 4.60. The molecule has 1 fully saturated rings. The molecule has 0 atom stereocenters. The number of hydrogen-bond acceptors (Lipinski definition) is 4. The molecular weight excluding hydrogens is 376 g/mol. The number of sulfonamides is 1. The quantitative estimate of drug-likeness (QED) is 0.770. The van der Waals surface area contributed by atoms with Crippen molar-refractivity contribution in [1.82, 2.24) is 9.62 Å². The van der Waals surface area contributed by atoms with Gasteiger partial charge in [0.05, 0.1) is 11.4 Å². The topological polar surface area (TPSA) is 75.7 Å². The van der Waals surface area contributed by atoms with Gasteiger partial charge in [0.15, 0.2) is 0 Å². The van der Waals surface area contributed by atoms with Gasteiger partial charge in [-0.3, -0.25) is 4.79 Å². The zero-order valence-electron chi connectivity index (χ0n) is 16.0. The molecule has 150 valence electrons. The molecule has 2 aromatic carbocycles. The van der Waals surface area contributed by atoms with Crippen LogP contribution in [0.15, 0.2) is 65.6 Å². The van der Waals surface area contributed by atoms with E-state index in [4.69, 9.17) is 4.74 Å². The molecule has 0 spiro atoms. The Hall–Kier alpha value is -2.22. The van der Waals surface area contributed by atoms with E-state index >= 15 is 0 Å². The van der Waals surface area contributed by atoms with E-state index in [1.807, 2.05) is 18.2 Å². The van der Waals surface area contributed by atoms with Crippen molar-refractivity contribution >= 4 is 15.9 Å². The van der Waals surface area contributed by atoms with Crippen LogP contribution in [0.2, 0.25) is 0 Å². The minimum absolute atomic E-state index is 0.176. The summed E-state index contributed by atoms with van der Waals surface area (Å²) in [5, 5.41) is 2.95. The summed E-state index contributed by atoms with van der Waals surface area (Å²) in [5.41, 5.74) is 0.982. The first kappa shape index (κ1) is 20.5. The van der Waals surface area contributed by atoms with Crippen molar-refractivity contribution < 1.29 is 17.9 Å². The van der Waals surface area contributed by atoms with E-state index in [-0.39, 0.29) is 22.8 Å². The van der Waals surface area contributed by atoms with Crippen molar-refractivity contribution in [1.29, 1.82) is 0 Å². The van der Waals surface area contributed by atoms with Crippen LogP contribution >= 0.6 is 0 Å². The summed E-state index contributed by atoms with van der Waals surface area (Å²) >= 11 is 0. The predicted molar refractivity (Wildman–Crippen MR) is 107 cm³/mol. The van der Waals surface area contributed by atoms with Crippen LogP contribution in [0.5, 0.6) is 0 Å². The van der Waals surface area contributed by atoms with Crippen LogP contribution in [-0.4, -0.2) is 52.0 Å². The van der Waals surface area contributed by atoms with Crippen molar-refractivity contribution in [3.8, 4) is 0 Å². The van der Waals surface area contributed by atoms with E-state index in [0.717, 1.165) is 17.1 Å². The molecule has 6 nitrogen and oxygen atoms in total. The normalized spacial score (nSPS) is 16.6. The molecule has 0 aliphatic carbocycles. The molecule has 0 radical (unpaired) electrons. The lowest BCUT2D eigenvalue weighted by atomic mass is 9.74. The van der Waals surface area contributed by atoms with E-state index in [1.165, 1.54) is 24.7 Å². The molecule has 1 aliphatic rings. The highest BCUT2D eigenvalue weighted by Crippen LogP contribution is 2.34. The Morgan fingerprint density at radius 3 is 2.21 bits per heavy atom. The summed E-state index contributed by atoms with van der Waals surface area (Å²) in [7, 11) is -2.27. The van der Waals surface area contributed by atoms with Crippen LogP contribution < -0.4 is 5.32 Å².